The second kappa shape index (κ2) is 7.22. The molecule has 0 aliphatic heterocycles. The molecule has 0 spiro atoms. The highest BCUT2D eigenvalue weighted by atomic mass is 16.4. The summed E-state index contributed by atoms with van der Waals surface area (Å²) in [6.45, 7) is 6.33. The van der Waals surface area contributed by atoms with Gasteiger partial charge in [0.1, 0.15) is 0 Å². The van der Waals surface area contributed by atoms with Crippen LogP contribution in [0.2, 0.25) is 0 Å². The first kappa shape index (κ1) is 14.9. The van der Waals surface area contributed by atoms with Crippen LogP contribution in [0.5, 0.6) is 0 Å². The standard InChI is InChI=1S/C11H22N2O3/c1-5-9(3)13(7-10(14)12-4)6-8(2)11(15)16/h8-9H,5-7H2,1-4H3,(H,12,14)(H,15,16). The van der Waals surface area contributed by atoms with Crippen LogP contribution in [0.3, 0.4) is 0 Å². The van der Waals surface area contributed by atoms with Crippen LogP contribution >= 0.6 is 0 Å². The quantitative estimate of drug-likeness (QED) is 0.670. The average Bonchev–Trinajstić information content (AvgIpc) is 2.26. The van der Waals surface area contributed by atoms with E-state index in [2.05, 4.69) is 5.32 Å². The third-order valence-corrected chi connectivity index (χ3v) is 2.77. The van der Waals surface area contributed by atoms with Gasteiger partial charge in [-0.1, -0.05) is 13.8 Å². The Bertz CT molecular complexity index is 243. The molecule has 94 valence electrons. The normalized spacial score (nSPS) is 14.6. The van der Waals surface area contributed by atoms with Crippen molar-refractivity contribution in [3.8, 4) is 0 Å². The fourth-order valence-corrected chi connectivity index (χ4v) is 1.35. The zero-order valence-corrected chi connectivity index (χ0v) is 10.5. The Labute approximate surface area is 96.8 Å². The first-order valence-electron chi connectivity index (χ1n) is 5.59. The first-order chi connectivity index (χ1) is 7.42. The van der Waals surface area contributed by atoms with Crippen LogP contribution in [0.4, 0.5) is 0 Å². The monoisotopic (exact) mass is 230 g/mol. The van der Waals surface area contributed by atoms with Gasteiger partial charge in [0.2, 0.25) is 5.91 Å². The number of likely N-dealkylation sites (N-methyl/N-ethyl adjacent to an activating group) is 1. The molecule has 0 aliphatic carbocycles. The highest BCUT2D eigenvalue weighted by Crippen LogP contribution is 2.07. The van der Waals surface area contributed by atoms with Crippen LogP contribution in [-0.4, -0.2) is 48.1 Å². The van der Waals surface area contributed by atoms with E-state index in [1.165, 1.54) is 0 Å². The molecule has 0 fully saturated rings. The van der Waals surface area contributed by atoms with Crippen molar-refractivity contribution < 1.29 is 14.7 Å². The second-order valence-corrected chi connectivity index (χ2v) is 4.10. The van der Waals surface area contributed by atoms with Crippen molar-refractivity contribution in [1.82, 2.24) is 10.2 Å². The van der Waals surface area contributed by atoms with Crippen LogP contribution in [0.1, 0.15) is 27.2 Å². The minimum absolute atomic E-state index is 0.0853. The van der Waals surface area contributed by atoms with E-state index in [9.17, 15) is 9.59 Å². The summed E-state index contributed by atoms with van der Waals surface area (Å²) >= 11 is 0. The number of hydrogen-bond acceptors (Lipinski definition) is 3. The Morgan fingerprint density at radius 2 is 1.94 bits per heavy atom. The molecule has 2 N–H and O–H groups in total. The van der Waals surface area contributed by atoms with E-state index in [0.717, 1.165) is 6.42 Å². The van der Waals surface area contributed by atoms with Crippen molar-refractivity contribution in [3.63, 3.8) is 0 Å². The van der Waals surface area contributed by atoms with E-state index in [1.54, 1.807) is 14.0 Å². The maximum Gasteiger partial charge on any atom is 0.307 e. The van der Waals surface area contributed by atoms with Gasteiger partial charge < -0.3 is 10.4 Å². The lowest BCUT2D eigenvalue weighted by atomic mass is 10.1. The molecule has 0 aromatic heterocycles. The Morgan fingerprint density at radius 3 is 2.31 bits per heavy atom. The van der Waals surface area contributed by atoms with E-state index in [4.69, 9.17) is 5.11 Å². The van der Waals surface area contributed by atoms with E-state index in [-0.39, 0.29) is 18.5 Å². The average molecular weight is 230 g/mol. The number of carboxylic acids is 1. The number of carboxylic acid groups (broad SMARTS) is 1. The Morgan fingerprint density at radius 1 is 1.38 bits per heavy atom. The van der Waals surface area contributed by atoms with Crippen molar-refractivity contribution in [2.45, 2.75) is 33.2 Å². The molecule has 2 atom stereocenters. The van der Waals surface area contributed by atoms with Crippen molar-refractivity contribution in [2.75, 3.05) is 20.1 Å². The number of carbonyl (C=O) groups excluding carboxylic acids is 1. The maximum absolute atomic E-state index is 11.3. The first-order valence-corrected chi connectivity index (χ1v) is 5.59. The van der Waals surface area contributed by atoms with Crippen molar-refractivity contribution in [3.05, 3.63) is 0 Å². The lowest BCUT2D eigenvalue weighted by molar-refractivity contribution is -0.142. The van der Waals surface area contributed by atoms with Gasteiger partial charge in [0.05, 0.1) is 12.5 Å². The Hall–Kier alpha value is -1.10. The van der Waals surface area contributed by atoms with Crippen molar-refractivity contribution in [2.24, 2.45) is 5.92 Å². The molecular weight excluding hydrogens is 208 g/mol. The number of nitrogens with one attached hydrogen (secondary N) is 1. The molecule has 0 saturated heterocycles. The molecule has 5 nitrogen and oxygen atoms in total. The summed E-state index contributed by atoms with van der Waals surface area (Å²) in [6.07, 6.45) is 0.892. The predicted octanol–water partition coefficient (Wildman–Crippen LogP) is 0.554. The fraction of sp³-hybridized carbons (Fsp3) is 0.818. The van der Waals surface area contributed by atoms with Gasteiger partial charge in [-0.2, -0.15) is 0 Å². The SMILES string of the molecule is CCC(C)N(CC(=O)NC)CC(C)C(=O)O. The molecule has 0 bridgehead atoms. The lowest BCUT2D eigenvalue weighted by Crippen LogP contribution is -2.43. The Kier molecular flexibility index (Phi) is 6.72. The summed E-state index contributed by atoms with van der Waals surface area (Å²) < 4.78 is 0. The van der Waals surface area contributed by atoms with Gasteiger partial charge in [0, 0.05) is 19.6 Å². The zero-order chi connectivity index (χ0) is 12.7. The molecule has 0 heterocycles. The summed E-state index contributed by atoms with van der Waals surface area (Å²) in [6, 6.07) is 0.207. The number of rotatable bonds is 7. The summed E-state index contributed by atoms with van der Waals surface area (Å²) in [5.74, 6) is -1.37. The number of amides is 1. The smallest absolute Gasteiger partial charge is 0.307 e. The summed E-state index contributed by atoms with van der Waals surface area (Å²) in [7, 11) is 1.58. The molecule has 0 aromatic carbocycles. The molecular formula is C11H22N2O3. The van der Waals surface area contributed by atoms with E-state index in [1.807, 2.05) is 18.7 Å². The second-order valence-electron chi connectivity index (χ2n) is 4.10. The largest absolute Gasteiger partial charge is 0.481 e. The topological polar surface area (TPSA) is 69.6 Å². The number of aliphatic carboxylic acids is 1. The van der Waals surface area contributed by atoms with Gasteiger partial charge in [-0.25, -0.2) is 0 Å². The number of carbonyl (C=O) groups is 2. The van der Waals surface area contributed by atoms with Crippen LogP contribution < -0.4 is 5.32 Å². The van der Waals surface area contributed by atoms with Crippen molar-refractivity contribution in [1.29, 1.82) is 0 Å². The fourth-order valence-electron chi connectivity index (χ4n) is 1.35. The zero-order valence-electron chi connectivity index (χ0n) is 10.5. The van der Waals surface area contributed by atoms with Gasteiger partial charge in [0.25, 0.3) is 0 Å². The van der Waals surface area contributed by atoms with E-state index in [0.29, 0.717) is 6.54 Å². The maximum atomic E-state index is 11.3. The van der Waals surface area contributed by atoms with Crippen LogP contribution in [0, 0.1) is 5.92 Å². The molecule has 5 heteroatoms. The number of nitrogens with zero attached hydrogens (tertiary/aromatic N) is 1. The van der Waals surface area contributed by atoms with Gasteiger partial charge in [-0.3, -0.25) is 14.5 Å². The summed E-state index contributed by atoms with van der Waals surface area (Å²) in [5.41, 5.74) is 0. The predicted molar refractivity (Wildman–Crippen MR) is 62.2 cm³/mol. The minimum atomic E-state index is -0.829. The summed E-state index contributed by atoms with van der Waals surface area (Å²) in [4.78, 5) is 24.0. The highest BCUT2D eigenvalue weighted by Gasteiger charge is 2.21. The summed E-state index contributed by atoms with van der Waals surface area (Å²) in [5, 5.41) is 11.4. The van der Waals surface area contributed by atoms with Gasteiger partial charge >= 0.3 is 5.97 Å². The molecule has 0 aromatic rings. The third-order valence-electron chi connectivity index (χ3n) is 2.77. The molecule has 16 heavy (non-hydrogen) atoms. The van der Waals surface area contributed by atoms with Crippen molar-refractivity contribution >= 4 is 11.9 Å². The van der Waals surface area contributed by atoms with Crippen LogP contribution in [0.15, 0.2) is 0 Å². The lowest BCUT2D eigenvalue weighted by Gasteiger charge is -2.28. The Balaban J connectivity index is 4.42. The highest BCUT2D eigenvalue weighted by molar-refractivity contribution is 5.77. The van der Waals surface area contributed by atoms with E-state index >= 15 is 0 Å². The molecule has 1 amide bonds. The molecule has 0 aliphatic rings. The van der Waals surface area contributed by atoms with Gasteiger partial charge in [-0.05, 0) is 13.3 Å². The number of hydrogen-bond donors (Lipinski definition) is 2. The van der Waals surface area contributed by atoms with Crippen LogP contribution in [-0.2, 0) is 9.59 Å². The van der Waals surface area contributed by atoms with Gasteiger partial charge in [0.15, 0.2) is 0 Å². The van der Waals surface area contributed by atoms with E-state index < -0.39 is 11.9 Å². The molecule has 0 rings (SSSR count). The minimum Gasteiger partial charge on any atom is -0.481 e. The van der Waals surface area contributed by atoms with Gasteiger partial charge in [-0.15, -0.1) is 0 Å². The molecule has 2 unspecified atom stereocenters. The molecule has 0 radical (unpaired) electrons. The van der Waals surface area contributed by atoms with Crippen LogP contribution in [0.25, 0.3) is 0 Å². The molecule has 0 saturated carbocycles. The third kappa shape index (κ3) is 5.11.